The van der Waals surface area contributed by atoms with Gasteiger partial charge in [-0.3, -0.25) is 4.79 Å². The van der Waals surface area contributed by atoms with Crippen LogP contribution >= 0.6 is 0 Å². The minimum atomic E-state index is -0.132. The van der Waals surface area contributed by atoms with Crippen molar-refractivity contribution in [1.29, 1.82) is 0 Å². The van der Waals surface area contributed by atoms with Gasteiger partial charge in [-0.05, 0) is 62.4 Å². The smallest absolute Gasteiger partial charge is 0.248 e. The molecule has 1 heterocycles. The molecule has 27 heavy (non-hydrogen) atoms. The number of anilines is 1. The van der Waals surface area contributed by atoms with E-state index >= 15 is 0 Å². The Morgan fingerprint density at radius 3 is 2.26 bits per heavy atom. The van der Waals surface area contributed by atoms with Gasteiger partial charge in [-0.2, -0.15) is 0 Å². The van der Waals surface area contributed by atoms with E-state index in [1.54, 1.807) is 13.2 Å². The molecule has 0 aliphatic carbocycles. The lowest BCUT2D eigenvalue weighted by molar-refractivity contribution is -0.111. The molecule has 0 saturated carbocycles. The monoisotopic (exact) mass is 358 g/mol. The van der Waals surface area contributed by atoms with Crippen molar-refractivity contribution in [3.63, 3.8) is 0 Å². The van der Waals surface area contributed by atoms with Crippen molar-refractivity contribution in [2.75, 3.05) is 12.4 Å². The maximum absolute atomic E-state index is 11.9. The Morgan fingerprint density at radius 2 is 1.59 bits per heavy atom. The highest BCUT2D eigenvalue weighted by Crippen LogP contribution is 2.25. The van der Waals surface area contributed by atoms with Crippen LogP contribution in [0.3, 0.4) is 0 Å². The van der Waals surface area contributed by atoms with E-state index in [1.807, 2.05) is 80.6 Å². The molecule has 0 aliphatic heterocycles. The van der Waals surface area contributed by atoms with E-state index in [0.717, 1.165) is 39.5 Å². The van der Waals surface area contributed by atoms with Crippen LogP contribution in [0.25, 0.3) is 22.5 Å². The van der Waals surface area contributed by atoms with E-state index in [2.05, 4.69) is 5.32 Å². The molecule has 2 aromatic carbocycles. The molecule has 1 amide bonds. The van der Waals surface area contributed by atoms with Crippen LogP contribution in [0.1, 0.15) is 13.8 Å². The van der Waals surface area contributed by atoms with Gasteiger partial charge in [-0.1, -0.05) is 23.8 Å². The van der Waals surface area contributed by atoms with Gasteiger partial charge in [0.2, 0.25) is 5.91 Å². The van der Waals surface area contributed by atoms with Gasteiger partial charge in [0, 0.05) is 22.9 Å². The van der Waals surface area contributed by atoms with E-state index in [4.69, 9.17) is 9.72 Å². The van der Waals surface area contributed by atoms with Crippen molar-refractivity contribution in [2.24, 2.45) is 0 Å². The van der Waals surface area contributed by atoms with Crippen LogP contribution in [0.2, 0.25) is 0 Å². The Kier molecular flexibility index (Phi) is 5.67. The minimum Gasteiger partial charge on any atom is -0.497 e. The average Bonchev–Trinajstić information content (AvgIpc) is 2.68. The maximum Gasteiger partial charge on any atom is 0.248 e. The number of carbonyl (C=O) groups is 1. The number of pyridine rings is 1. The Hall–Kier alpha value is -3.40. The Morgan fingerprint density at radius 1 is 0.926 bits per heavy atom. The molecule has 0 bridgehead atoms. The van der Waals surface area contributed by atoms with Crippen molar-refractivity contribution >= 4 is 11.6 Å². The molecule has 1 aromatic heterocycles. The highest BCUT2D eigenvalue weighted by molar-refractivity contribution is 6.00. The van der Waals surface area contributed by atoms with Crippen molar-refractivity contribution in [3.8, 4) is 28.3 Å². The van der Waals surface area contributed by atoms with Gasteiger partial charge in [0.15, 0.2) is 0 Å². The topological polar surface area (TPSA) is 51.2 Å². The quantitative estimate of drug-likeness (QED) is 0.627. The first-order valence-corrected chi connectivity index (χ1v) is 8.73. The maximum atomic E-state index is 11.9. The molecular formula is C23H22N2O2. The third-order valence-corrected chi connectivity index (χ3v) is 3.98. The molecule has 3 aromatic rings. The summed E-state index contributed by atoms with van der Waals surface area (Å²) in [6, 6.07) is 21.4. The lowest BCUT2D eigenvalue weighted by Gasteiger charge is -2.08. The van der Waals surface area contributed by atoms with E-state index in [1.165, 1.54) is 0 Å². The zero-order chi connectivity index (χ0) is 19.2. The second-order valence-corrected chi connectivity index (χ2v) is 6.43. The molecule has 0 radical (unpaired) electrons. The van der Waals surface area contributed by atoms with E-state index in [9.17, 15) is 4.79 Å². The highest BCUT2D eigenvalue weighted by atomic mass is 16.5. The Labute approximate surface area is 159 Å². The van der Waals surface area contributed by atoms with Gasteiger partial charge in [-0.15, -0.1) is 0 Å². The first kappa shape index (κ1) is 18.4. The zero-order valence-corrected chi connectivity index (χ0v) is 15.7. The number of carbonyl (C=O) groups excluding carboxylic acids is 1. The van der Waals surface area contributed by atoms with Gasteiger partial charge in [0.25, 0.3) is 0 Å². The lowest BCUT2D eigenvalue weighted by atomic mass is 10.1. The van der Waals surface area contributed by atoms with E-state index in [0.29, 0.717) is 0 Å². The standard InChI is InChI=1S/C23H22N2O2/c1-16(2)14-23(26)24-19-7-4-6-18(15-19)22-9-5-8-21(25-22)17-10-12-20(27-3)13-11-17/h4-15H,1-3H3,(H,24,26). The summed E-state index contributed by atoms with van der Waals surface area (Å²) in [7, 11) is 1.65. The van der Waals surface area contributed by atoms with Crippen LogP contribution in [-0.2, 0) is 4.79 Å². The number of ether oxygens (including phenoxy) is 1. The number of nitrogens with zero attached hydrogens (tertiary/aromatic N) is 1. The molecule has 4 heteroatoms. The fraction of sp³-hybridized carbons (Fsp3) is 0.130. The highest BCUT2D eigenvalue weighted by Gasteiger charge is 2.06. The fourth-order valence-corrected chi connectivity index (χ4v) is 2.71. The second kappa shape index (κ2) is 8.32. The van der Waals surface area contributed by atoms with Crippen LogP contribution < -0.4 is 10.1 Å². The summed E-state index contributed by atoms with van der Waals surface area (Å²) in [5.41, 5.74) is 5.39. The number of benzene rings is 2. The van der Waals surface area contributed by atoms with Gasteiger partial charge in [0.1, 0.15) is 5.75 Å². The number of amides is 1. The predicted octanol–water partition coefficient (Wildman–Crippen LogP) is 5.33. The molecule has 0 aliphatic rings. The van der Waals surface area contributed by atoms with Crippen molar-refractivity contribution in [1.82, 2.24) is 4.98 Å². The molecular weight excluding hydrogens is 336 g/mol. The first-order valence-electron chi connectivity index (χ1n) is 8.73. The lowest BCUT2D eigenvalue weighted by Crippen LogP contribution is -2.08. The summed E-state index contributed by atoms with van der Waals surface area (Å²) in [5.74, 6) is 0.682. The summed E-state index contributed by atoms with van der Waals surface area (Å²) in [4.78, 5) is 16.7. The number of aromatic nitrogens is 1. The molecule has 0 fully saturated rings. The molecule has 3 rings (SSSR count). The Bertz CT molecular complexity index is 972. The van der Waals surface area contributed by atoms with Crippen molar-refractivity contribution in [2.45, 2.75) is 13.8 Å². The summed E-state index contributed by atoms with van der Waals surface area (Å²) >= 11 is 0. The van der Waals surface area contributed by atoms with Gasteiger partial charge in [0.05, 0.1) is 18.5 Å². The number of hydrogen-bond acceptors (Lipinski definition) is 3. The number of hydrogen-bond donors (Lipinski definition) is 1. The van der Waals surface area contributed by atoms with Crippen LogP contribution in [0.4, 0.5) is 5.69 Å². The van der Waals surface area contributed by atoms with Crippen molar-refractivity contribution in [3.05, 3.63) is 78.4 Å². The van der Waals surface area contributed by atoms with E-state index < -0.39 is 0 Å². The van der Waals surface area contributed by atoms with Crippen molar-refractivity contribution < 1.29 is 9.53 Å². The summed E-state index contributed by atoms with van der Waals surface area (Å²) in [6.45, 7) is 3.79. The summed E-state index contributed by atoms with van der Waals surface area (Å²) < 4.78 is 5.21. The molecule has 0 saturated heterocycles. The molecule has 0 atom stereocenters. The molecule has 0 unspecified atom stereocenters. The molecule has 1 N–H and O–H groups in total. The zero-order valence-electron chi connectivity index (χ0n) is 15.7. The summed E-state index contributed by atoms with van der Waals surface area (Å²) in [6.07, 6.45) is 1.58. The van der Waals surface area contributed by atoms with Gasteiger partial charge < -0.3 is 10.1 Å². The van der Waals surface area contributed by atoms with Crippen LogP contribution in [-0.4, -0.2) is 18.0 Å². The number of rotatable bonds is 5. The van der Waals surface area contributed by atoms with Gasteiger partial charge in [-0.25, -0.2) is 4.98 Å². The summed E-state index contributed by atoms with van der Waals surface area (Å²) in [5, 5.41) is 2.89. The number of methoxy groups -OCH3 is 1. The number of nitrogens with one attached hydrogen (secondary N) is 1. The second-order valence-electron chi connectivity index (χ2n) is 6.43. The van der Waals surface area contributed by atoms with Crippen LogP contribution in [0.15, 0.2) is 78.4 Å². The van der Waals surface area contributed by atoms with Crippen LogP contribution in [0, 0.1) is 0 Å². The minimum absolute atomic E-state index is 0.132. The molecule has 4 nitrogen and oxygen atoms in total. The van der Waals surface area contributed by atoms with Gasteiger partial charge >= 0.3 is 0 Å². The third kappa shape index (κ3) is 4.82. The molecule has 136 valence electrons. The Balaban J connectivity index is 1.87. The van der Waals surface area contributed by atoms with E-state index in [-0.39, 0.29) is 5.91 Å². The van der Waals surface area contributed by atoms with Crippen LogP contribution in [0.5, 0.6) is 5.75 Å². The first-order chi connectivity index (χ1) is 13.0. The SMILES string of the molecule is COc1ccc(-c2cccc(-c3cccc(NC(=O)C=C(C)C)c3)n2)cc1. The largest absolute Gasteiger partial charge is 0.497 e. The number of allylic oxidation sites excluding steroid dienone is 1. The average molecular weight is 358 g/mol. The predicted molar refractivity (Wildman–Crippen MR) is 110 cm³/mol. The third-order valence-electron chi connectivity index (χ3n) is 3.98. The fourth-order valence-electron chi connectivity index (χ4n) is 2.71. The molecule has 0 spiro atoms. The normalized spacial score (nSPS) is 10.2.